The molecule has 154 valence electrons. The van der Waals surface area contributed by atoms with E-state index in [2.05, 4.69) is 0 Å². The fraction of sp³-hybridized carbons (Fsp3) is 0.250. The van der Waals surface area contributed by atoms with Gasteiger partial charge in [-0.25, -0.2) is 4.79 Å². The molecule has 1 heterocycles. The van der Waals surface area contributed by atoms with Gasteiger partial charge in [0.1, 0.15) is 35.6 Å². The topological polar surface area (TPSA) is 157 Å². The Morgan fingerprint density at radius 1 is 0.931 bits per heavy atom. The van der Waals surface area contributed by atoms with E-state index >= 15 is 0 Å². The minimum Gasteiger partial charge on any atom is -0.508 e. The number of aromatic hydroxyl groups is 2. The molecular weight excluding hydrogens is 384 g/mol. The third-order valence-electron chi connectivity index (χ3n) is 4.04. The van der Waals surface area contributed by atoms with E-state index in [0.717, 1.165) is 6.07 Å². The van der Waals surface area contributed by atoms with Crippen molar-refractivity contribution in [3.8, 4) is 17.2 Å². The summed E-state index contributed by atoms with van der Waals surface area (Å²) in [6.07, 6.45) is -7.20. The zero-order valence-electron chi connectivity index (χ0n) is 18.7. The van der Waals surface area contributed by atoms with E-state index in [1.807, 2.05) is 0 Å². The van der Waals surface area contributed by atoms with E-state index in [9.17, 15) is 30.3 Å². The highest BCUT2D eigenvalue weighted by Gasteiger charge is 2.48. The van der Waals surface area contributed by atoms with Crippen LogP contribution in [0.3, 0.4) is 0 Å². The van der Waals surface area contributed by atoms with Gasteiger partial charge >= 0.3 is 5.97 Å². The second-order valence-electron chi connectivity index (χ2n) is 6.21. The van der Waals surface area contributed by atoms with Crippen molar-refractivity contribution in [2.24, 2.45) is 0 Å². The number of aliphatic hydroxyl groups excluding tert-OH is 3. The van der Waals surface area contributed by atoms with Crippen molar-refractivity contribution in [3.63, 3.8) is 0 Å². The van der Waals surface area contributed by atoms with Crippen LogP contribution in [-0.4, -0.2) is 67.3 Å². The van der Waals surface area contributed by atoms with Gasteiger partial charge in [-0.1, -0.05) is 24.2 Å². The molecule has 3 rings (SSSR count). The molecule has 1 fully saturated rings. The van der Waals surface area contributed by atoms with E-state index in [0.29, 0.717) is 5.56 Å². The minimum atomic E-state index is -1.97. The molecule has 1 aliphatic rings. The highest BCUT2D eigenvalue weighted by Crippen LogP contribution is 2.26. The molecule has 2 aromatic rings. The molecule has 0 radical (unpaired) electrons. The Morgan fingerprint density at radius 3 is 2.10 bits per heavy atom. The van der Waals surface area contributed by atoms with E-state index in [-0.39, 0.29) is 17.1 Å². The molecule has 5 atom stereocenters. The van der Waals surface area contributed by atoms with Gasteiger partial charge in [0.2, 0.25) is 6.29 Å². The number of carboxylic acids is 1. The van der Waals surface area contributed by atoms with E-state index in [1.54, 1.807) is 0 Å². The molecule has 0 saturated carbocycles. The lowest BCUT2D eigenvalue weighted by molar-refractivity contribution is -0.271. The van der Waals surface area contributed by atoms with Crippen LogP contribution in [0.4, 0.5) is 0 Å². The summed E-state index contributed by atoms with van der Waals surface area (Å²) in [6, 6.07) is 1.23. The first-order chi connectivity index (χ1) is 15.4. The lowest BCUT2D eigenvalue weighted by atomic mass is 9.99. The number of hydrogen-bond donors (Lipinski definition) is 6. The lowest BCUT2D eigenvalue weighted by Crippen LogP contribution is -2.61. The predicted molar refractivity (Wildman–Crippen MR) is 100 cm³/mol. The van der Waals surface area contributed by atoms with Crippen LogP contribution < -0.4 is 4.74 Å². The number of aliphatic hydroxyl groups is 3. The average molecular weight is 408 g/mol. The number of carbonyl (C=O) groups is 1. The third-order valence-corrected chi connectivity index (χ3v) is 4.04. The molecule has 9 heteroatoms. The number of phenolic OH excluding ortho intramolecular Hbond substituents is 2. The smallest absolute Gasteiger partial charge is 0.335 e. The summed E-state index contributed by atoms with van der Waals surface area (Å²) in [6.45, 7) is 0. The van der Waals surface area contributed by atoms with Gasteiger partial charge in [0.05, 0.1) is 5.48 Å². The Kier molecular flexibility index (Phi) is 4.62. The Balaban J connectivity index is 1.95. The van der Waals surface area contributed by atoms with Gasteiger partial charge in [0.25, 0.3) is 0 Å². The Labute approximate surface area is 170 Å². The molecule has 0 amide bonds. The van der Waals surface area contributed by atoms with Gasteiger partial charge in [-0.15, -0.1) is 0 Å². The van der Waals surface area contributed by atoms with Crippen LogP contribution in [0.15, 0.2) is 42.4 Å². The molecule has 1 saturated heterocycles. The Morgan fingerprint density at radius 2 is 1.52 bits per heavy atom. The number of ether oxygens (including phenoxy) is 2. The van der Waals surface area contributed by atoms with Crippen molar-refractivity contribution in [2.75, 3.05) is 0 Å². The predicted octanol–water partition coefficient (Wildman–Crippen LogP) is 0.539. The molecule has 6 N–H and O–H groups in total. The standard InChI is InChI=1S/C20H20O9/c21-12-7-11(8-13(22)9-12)2-1-10-3-5-14(6-4-10)28-20-17(25)15(23)16(24)18(29-20)19(26)27/h1-9,15-18,20-25H,(H,26,27)/b2-1+/t15-,16-,17+,18-,20+/m0/s1/i3D,4D,5D,6D. The molecule has 0 aliphatic carbocycles. The van der Waals surface area contributed by atoms with Crippen molar-refractivity contribution >= 4 is 18.1 Å². The largest absolute Gasteiger partial charge is 0.508 e. The van der Waals surface area contributed by atoms with Crippen LogP contribution in [-0.2, 0) is 9.53 Å². The van der Waals surface area contributed by atoms with Gasteiger partial charge in [-0.3, -0.25) is 0 Å². The zero-order valence-corrected chi connectivity index (χ0v) is 14.7. The average Bonchev–Trinajstić information content (AvgIpc) is 2.74. The number of benzene rings is 2. The molecule has 1 aliphatic heterocycles. The molecule has 29 heavy (non-hydrogen) atoms. The van der Waals surface area contributed by atoms with Crippen LogP contribution in [0.5, 0.6) is 17.2 Å². The highest BCUT2D eigenvalue weighted by atomic mass is 16.7. The number of carboxylic acid groups (broad SMARTS) is 1. The maximum atomic E-state index is 11.2. The zero-order chi connectivity index (χ0) is 24.6. The molecule has 0 bridgehead atoms. The Bertz CT molecular complexity index is 1060. The first kappa shape index (κ1) is 15.8. The van der Waals surface area contributed by atoms with Gasteiger partial charge in [0, 0.05) is 6.07 Å². The van der Waals surface area contributed by atoms with Gasteiger partial charge in [-0.05, 0) is 35.3 Å². The second-order valence-corrected chi connectivity index (χ2v) is 6.21. The second kappa shape index (κ2) is 8.50. The molecule has 2 aromatic carbocycles. The first-order valence-corrected chi connectivity index (χ1v) is 8.33. The van der Waals surface area contributed by atoms with E-state index < -0.39 is 66.6 Å². The first-order valence-electron chi connectivity index (χ1n) is 10.3. The van der Waals surface area contributed by atoms with Crippen LogP contribution in [0, 0.1) is 0 Å². The SMILES string of the molecule is [2H]c1c([2H])c(O[C@@H]2O[C@H](C(=O)O)[C@@H](O)[C@H](O)[C@H]2O)c([2H])c([2H])c1/C=C/c1cc(O)cc(O)c1. The van der Waals surface area contributed by atoms with Crippen molar-refractivity contribution in [3.05, 3.63) is 53.5 Å². The monoisotopic (exact) mass is 408 g/mol. The van der Waals surface area contributed by atoms with Crippen LogP contribution in [0.25, 0.3) is 12.2 Å². The third kappa shape index (κ3) is 4.84. The lowest BCUT2D eigenvalue weighted by Gasteiger charge is -2.38. The normalized spacial score (nSPS) is 29.0. The van der Waals surface area contributed by atoms with E-state index in [4.69, 9.17) is 20.1 Å². The quantitative estimate of drug-likeness (QED) is 0.389. The number of phenols is 2. The van der Waals surface area contributed by atoms with E-state index in [1.165, 1.54) is 24.3 Å². The number of hydrogen-bond acceptors (Lipinski definition) is 8. The fourth-order valence-electron chi connectivity index (χ4n) is 2.61. The molecule has 0 unspecified atom stereocenters. The van der Waals surface area contributed by atoms with Crippen molar-refractivity contribution in [1.29, 1.82) is 0 Å². The van der Waals surface area contributed by atoms with Gasteiger partial charge < -0.3 is 40.1 Å². The van der Waals surface area contributed by atoms with Crippen molar-refractivity contribution in [2.45, 2.75) is 30.7 Å². The number of rotatable bonds is 5. The summed E-state index contributed by atoms with van der Waals surface area (Å²) in [5.41, 5.74) is 0.153. The summed E-state index contributed by atoms with van der Waals surface area (Å²) >= 11 is 0. The van der Waals surface area contributed by atoms with Crippen molar-refractivity contribution in [1.82, 2.24) is 0 Å². The molecule has 0 aromatic heterocycles. The summed E-state index contributed by atoms with van der Waals surface area (Å²) in [7, 11) is 0. The Hall–Kier alpha value is -3.11. The summed E-state index contributed by atoms with van der Waals surface area (Å²) < 4.78 is 42.8. The highest BCUT2D eigenvalue weighted by molar-refractivity contribution is 5.73. The van der Waals surface area contributed by atoms with Crippen LogP contribution in [0.2, 0.25) is 0 Å². The molecule has 0 spiro atoms. The summed E-state index contributed by atoms with van der Waals surface area (Å²) in [5.74, 6) is -2.78. The molecule has 9 nitrogen and oxygen atoms in total. The van der Waals surface area contributed by atoms with Gasteiger partial charge in [0.15, 0.2) is 6.10 Å². The number of aliphatic carboxylic acids is 1. The van der Waals surface area contributed by atoms with Crippen molar-refractivity contribution < 1.29 is 50.4 Å². The minimum absolute atomic E-state index is 0.163. The molecular formula is C20H20O9. The fourth-order valence-corrected chi connectivity index (χ4v) is 2.61. The maximum Gasteiger partial charge on any atom is 0.335 e. The van der Waals surface area contributed by atoms with Gasteiger partial charge in [-0.2, -0.15) is 0 Å². The maximum absolute atomic E-state index is 11.2. The summed E-state index contributed by atoms with van der Waals surface area (Å²) in [4.78, 5) is 11.2. The van der Waals surface area contributed by atoms with Crippen LogP contribution >= 0.6 is 0 Å². The van der Waals surface area contributed by atoms with Crippen LogP contribution in [0.1, 0.15) is 16.6 Å². The summed E-state index contributed by atoms with van der Waals surface area (Å²) in [5, 5.41) is 57.9.